The lowest BCUT2D eigenvalue weighted by molar-refractivity contribution is -0.124. The molecule has 2 heterocycles. The van der Waals surface area contributed by atoms with Gasteiger partial charge in [0.1, 0.15) is 4.88 Å². The topological polar surface area (TPSA) is 60.3 Å². The van der Waals surface area contributed by atoms with E-state index in [1.165, 1.54) is 40.1 Å². The van der Waals surface area contributed by atoms with Gasteiger partial charge in [-0.1, -0.05) is 25.1 Å². The molecule has 1 unspecified atom stereocenters. The van der Waals surface area contributed by atoms with Crippen LogP contribution in [0.4, 0.5) is 5.69 Å². The van der Waals surface area contributed by atoms with Crippen LogP contribution in [0, 0.1) is 0 Å². The Bertz CT molecular complexity index is 1330. The number of nitrogens with zero attached hydrogens (tertiary/aromatic N) is 1. The third-order valence-corrected chi connectivity index (χ3v) is 7.68. The van der Waals surface area contributed by atoms with Gasteiger partial charge in [0, 0.05) is 38.9 Å². The number of anilines is 1. The first-order valence-corrected chi connectivity index (χ1v) is 12.5. The van der Waals surface area contributed by atoms with E-state index in [-0.39, 0.29) is 5.91 Å². The Morgan fingerprint density at radius 2 is 1.82 bits per heavy atom. The predicted molar refractivity (Wildman–Crippen MR) is 134 cm³/mol. The number of hydrogen-bond donors (Lipinski definition) is 1. The van der Waals surface area contributed by atoms with Gasteiger partial charge in [-0.15, -0.1) is 11.3 Å². The molecule has 0 radical (unpaired) electrons. The van der Waals surface area contributed by atoms with E-state index < -0.39 is 12.1 Å². The minimum Gasteiger partial charge on any atom is -0.448 e. The van der Waals surface area contributed by atoms with Crippen LogP contribution in [0.3, 0.4) is 0 Å². The molecule has 0 bridgehead atoms. The highest BCUT2D eigenvalue weighted by molar-refractivity contribution is 7.14. The van der Waals surface area contributed by atoms with Gasteiger partial charge in [0.05, 0.1) is 0 Å². The van der Waals surface area contributed by atoms with Crippen molar-refractivity contribution in [2.45, 2.75) is 58.6 Å². The van der Waals surface area contributed by atoms with Crippen molar-refractivity contribution in [3.05, 3.63) is 63.8 Å². The number of ether oxygens (including phenoxy) is 1. The maximum atomic E-state index is 13.0. The number of aryl methyl sites for hydroxylation is 3. The van der Waals surface area contributed by atoms with E-state index in [9.17, 15) is 9.59 Å². The van der Waals surface area contributed by atoms with Crippen molar-refractivity contribution in [1.82, 2.24) is 4.57 Å². The van der Waals surface area contributed by atoms with Gasteiger partial charge in [0.25, 0.3) is 5.91 Å². The third-order valence-electron chi connectivity index (χ3n) is 6.47. The number of esters is 1. The van der Waals surface area contributed by atoms with Gasteiger partial charge in [0.15, 0.2) is 6.10 Å². The fourth-order valence-corrected chi connectivity index (χ4v) is 5.93. The van der Waals surface area contributed by atoms with Crippen LogP contribution < -0.4 is 5.32 Å². The molecule has 5 rings (SSSR count). The molecule has 4 aromatic rings. The summed E-state index contributed by atoms with van der Waals surface area (Å²) in [6.45, 7) is 4.86. The fraction of sp³-hybridized carbons (Fsp3) is 0.333. The minimum atomic E-state index is -0.829. The van der Waals surface area contributed by atoms with E-state index in [1.807, 2.05) is 43.3 Å². The Hall–Kier alpha value is -3.12. The Morgan fingerprint density at radius 3 is 2.61 bits per heavy atom. The lowest BCUT2D eigenvalue weighted by atomic mass is 9.99. The Morgan fingerprint density at radius 1 is 1.03 bits per heavy atom. The zero-order chi connectivity index (χ0) is 22.9. The first-order chi connectivity index (χ1) is 16.1. The van der Waals surface area contributed by atoms with E-state index in [0.29, 0.717) is 17.0 Å². The second-order valence-electron chi connectivity index (χ2n) is 8.55. The third kappa shape index (κ3) is 4.04. The van der Waals surface area contributed by atoms with E-state index in [4.69, 9.17) is 4.74 Å². The molecule has 1 atom stereocenters. The van der Waals surface area contributed by atoms with Crippen LogP contribution in [0.25, 0.3) is 21.8 Å². The molecule has 2 aromatic carbocycles. The summed E-state index contributed by atoms with van der Waals surface area (Å²) in [6, 6.07) is 16.2. The maximum Gasteiger partial charge on any atom is 0.349 e. The molecular formula is C27H28N2O3S. The average Bonchev–Trinajstić information content (AvgIpc) is 3.41. The number of nitrogens with one attached hydrogen (secondary N) is 1. The van der Waals surface area contributed by atoms with Crippen LogP contribution >= 0.6 is 11.3 Å². The van der Waals surface area contributed by atoms with Gasteiger partial charge in [-0.2, -0.15) is 0 Å². The van der Waals surface area contributed by atoms with Crippen LogP contribution in [0.1, 0.15) is 53.2 Å². The number of carbonyl (C=O) groups is 2. The first kappa shape index (κ1) is 21.7. The Kier molecular flexibility index (Phi) is 5.94. The predicted octanol–water partition coefficient (Wildman–Crippen LogP) is 6.33. The molecule has 2 aromatic heterocycles. The molecule has 1 N–H and O–H groups in total. The van der Waals surface area contributed by atoms with Crippen molar-refractivity contribution in [3.63, 3.8) is 0 Å². The molecule has 0 fully saturated rings. The number of thiophene rings is 1. The standard InChI is InChI=1S/C27H28N2O3S/c1-3-23(32-27(31)25-15-17-9-5-8-12-24(17)33-25)26(30)28-18-13-14-22-20(16-18)19-10-6-7-11-21(19)29(22)4-2/h6-7,10-11,13-16,23H,3-5,8-9,12H2,1-2H3,(H,28,30). The van der Waals surface area contributed by atoms with E-state index in [0.717, 1.165) is 35.7 Å². The van der Waals surface area contributed by atoms with Crippen molar-refractivity contribution in [3.8, 4) is 0 Å². The van der Waals surface area contributed by atoms with Crippen LogP contribution in [0.2, 0.25) is 0 Å². The zero-order valence-corrected chi connectivity index (χ0v) is 19.8. The van der Waals surface area contributed by atoms with Gasteiger partial charge in [-0.25, -0.2) is 4.79 Å². The van der Waals surface area contributed by atoms with Gasteiger partial charge in [-0.05, 0) is 74.9 Å². The molecule has 5 nitrogen and oxygen atoms in total. The largest absolute Gasteiger partial charge is 0.448 e. The van der Waals surface area contributed by atoms with Gasteiger partial charge in [-0.3, -0.25) is 4.79 Å². The summed E-state index contributed by atoms with van der Waals surface area (Å²) in [4.78, 5) is 27.6. The molecule has 0 saturated heterocycles. The molecule has 170 valence electrons. The number of carbonyl (C=O) groups excluding carboxylic acids is 2. The van der Waals surface area contributed by atoms with Gasteiger partial charge in [0.2, 0.25) is 0 Å². The van der Waals surface area contributed by atoms with E-state index >= 15 is 0 Å². The highest BCUT2D eigenvalue weighted by Crippen LogP contribution is 2.32. The normalized spacial score (nSPS) is 14.2. The summed E-state index contributed by atoms with van der Waals surface area (Å²) in [5.41, 5.74) is 4.28. The number of benzene rings is 2. The summed E-state index contributed by atoms with van der Waals surface area (Å²) in [7, 11) is 0. The van der Waals surface area contributed by atoms with Crippen molar-refractivity contribution >= 4 is 50.7 Å². The second-order valence-corrected chi connectivity index (χ2v) is 9.69. The second kappa shape index (κ2) is 9.02. The van der Waals surface area contributed by atoms with E-state index in [2.05, 4.69) is 28.9 Å². The molecule has 1 aliphatic rings. The molecule has 0 spiro atoms. The van der Waals surface area contributed by atoms with Crippen LogP contribution in [-0.4, -0.2) is 22.5 Å². The van der Waals surface area contributed by atoms with Crippen molar-refractivity contribution in [1.29, 1.82) is 0 Å². The SMILES string of the molecule is CCC(OC(=O)c1cc2c(s1)CCCC2)C(=O)Nc1ccc2c(c1)c1ccccc1n2CC. The summed E-state index contributed by atoms with van der Waals surface area (Å²) < 4.78 is 7.90. The smallest absolute Gasteiger partial charge is 0.349 e. The number of rotatable bonds is 6. The van der Waals surface area contributed by atoms with Crippen molar-refractivity contribution in [2.75, 3.05) is 5.32 Å². The lowest BCUT2D eigenvalue weighted by Crippen LogP contribution is -2.31. The molecule has 33 heavy (non-hydrogen) atoms. The van der Waals surface area contributed by atoms with Crippen LogP contribution in [0.5, 0.6) is 0 Å². The van der Waals surface area contributed by atoms with E-state index in [1.54, 1.807) is 0 Å². The molecule has 0 aliphatic heterocycles. The van der Waals surface area contributed by atoms with Gasteiger partial charge >= 0.3 is 5.97 Å². The monoisotopic (exact) mass is 460 g/mol. The average molecular weight is 461 g/mol. The maximum absolute atomic E-state index is 13.0. The van der Waals surface area contributed by atoms with Gasteiger partial charge < -0.3 is 14.6 Å². The molecular weight excluding hydrogens is 432 g/mol. The van der Waals surface area contributed by atoms with Crippen LogP contribution in [-0.2, 0) is 28.9 Å². The van der Waals surface area contributed by atoms with Crippen molar-refractivity contribution in [2.24, 2.45) is 0 Å². The summed E-state index contributed by atoms with van der Waals surface area (Å²) >= 11 is 1.51. The Balaban J connectivity index is 1.34. The summed E-state index contributed by atoms with van der Waals surface area (Å²) in [5.74, 6) is -0.705. The number of para-hydroxylation sites is 1. The highest BCUT2D eigenvalue weighted by atomic mass is 32.1. The molecule has 0 saturated carbocycles. The number of amides is 1. The molecule has 6 heteroatoms. The molecule has 1 amide bonds. The summed E-state index contributed by atoms with van der Waals surface area (Å²) in [5, 5.41) is 5.22. The summed E-state index contributed by atoms with van der Waals surface area (Å²) in [6.07, 6.45) is 3.97. The lowest BCUT2D eigenvalue weighted by Gasteiger charge is -2.16. The minimum absolute atomic E-state index is 0.300. The number of hydrogen-bond acceptors (Lipinski definition) is 4. The first-order valence-electron chi connectivity index (χ1n) is 11.7. The number of aromatic nitrogens is 1. The van der Waals surface area contributed by atoms with Crippen LogP contribution in [0.15, 0.2) is 48.5 Å². The fourth-order valence-electron chi connectivity index (χ4n) is 4.80. The molecule has 1 aliphatic carbocycles. The zero-order valence-electron chi connectivity index (χ0n) is 19.0. The number of fused-ring (bicyclic) bond motifs is 4. The van der Waals surface area contributed by atoms with Crippen molar-refractivity contribution < 1.29 is 14.3 Å². The quantitative estimate of drug-likeness (QED) is 0.342. The Labute approximate surface area is 197 Å². The highest BCUT2D eigenvalue weighted by Gasteiger charge is 2.25.